The molecule has 2 amide bonds. The average Bonchev–Trinajstić information content (AvgIpc) is 4.02. The summed E-state index contributed by atoms with van der Waals surface area (Å²) in [5.41, 5.74) is -0.0454. The summed E-state index contributed by atoms with van der Waals surface area (Å²) in [5, 5.41) is 12.2. The number of hydrogen-bond acceptors (Lipinski definition) is 12. The first-order valence-corrected chi connectivity index (χ1v) is 26.6. The number of aromatic nitrogens is 2. The van der Waals surface area contributed by atoms with Gasteiger partial charge in [-0.2, -0.15) is 21.8 Å². The number of unbranched alkanes of at least 4 members (excludes halogenated alkanes) is 1. The minimum absolute atomic E-state index is 0.0253. The molecule has 0 atom stereocenters. The van der Waals surface area contributed by atoms with Crippen LogP contribution < -0.4 is 26.8 Å². The molecule has 67 heavy (non-hydrogen) atoms. The molecule has 0 radical (unpaired) electrons. The van der Waals surface area contributed by atoms with Gasteiger partial charge >= 0.3 is 6.18 Å². The van der Waals surface area contributed by atoms with Crippen LogP contribution in [0.1, 0.15) is 87.0 Å². The second-order valence-electron chi connectivity index (χ2n) is 15.9. The van der Waals surface area contributed by atoms with Gasteiger partial charge in [0.05, 0.1) is 24.2 Å². The van der Waals surface area contributed by atoms with Crippen molar-refractivity contribution in [3.05, 3.63) is 132 Å². The van der Waals surface area contributed by atoms with E-state index in [0.717, 1.165) is 72.6 Å². The van der Waals surface area contributed by atoms with Crippen LogP contribution in [0.3, 0.4) is 0 Å². The van der Waals surface area contributed by atoms with E-state index >= 15 is 0 Å². The number of piperidine rings is 2. The number of sulfonamides is 2. The number of alkyl halides is 3. The molecular formula is C44H53F3N8O7S5. The number of nitrogens with one attached hydrogen (secondary N) is 6. The Kier molecular flexibility index (Phi) is 18.3. The lowest BCUT2D eigenvalue weighted by molar-refractivity contribution is -0.137. The van der Waals surface area contributed by atoms with Crippen LogP contribution in [-0.2, 0) is 45.9 Å². The molecule has 4 aromatic heterocycles. The van der Waals surface area contributed by atoms with Crippen molar-refractivity contribution in [1.82, 2.24) is 39.8 Å². The molecule has 0 bridgehead atoms. The van der Waals surface area contributed by atoms with E-state index in [1.807, 2.05) is 0 Å². The van der Waals surface area contributed by atoms with Gasteiger partial charge in [0.25, 0.3) is 37.4 Å². The number of carbonyl (C=O) groups excluding carboxylic acids is 2. The Bertz CT molecular complexity index is 2780. The van der Waals surface area contributed by atoms with Crippen LogP contribution in [-0.4, -0.2) is 92.0 Å². The van der Waals surface area contributed by atoms with Gasteiger partial charge in [-0.15, -0.1) is 22.7 Å². The van der Waals surface area contributed by atoms with Crippen molar-refractivity contribution in [3.8, 4) is 0 Å². The summed E-state index contributed by atoms with van der Waals surface area (Å²) < 4.78 is 94.1. The van der Waals surface area contributed by atoms with E-state index in [9.17, 15) is 44.4 Å². The van der Waals surface area contributed by atoms with E-state index in [1.165, 1.54) is 28.7 Å². The second kappa shape index (κ2) is 23.6. The van der Waals surface area contributed by atoms with Gasteiger partial charge in [-0.05, 0) is 105 Å². The van der Waals surface area contributed by atoms with Gasteiger partial charge in [0.1, 0.15) is 18.6 Å². The molecule has 23 heteroatoms. The van der Waals surface area contributed by atoms with Crippen molar-refractivity contribution in [2.75, 3.05) is 32.7 Å². The normalized spacial score (nSPS) is 15.7. The summed E-state index contributed by atoms with van der Waals surface area (Å²) in [4.78, 5) is 42.8. The summed E-state index contributed by atoms with van der Waals surface area (Å²) in [6.07, 6.45) is 3.79. The van der Waals surface area contributed by atoms with E-state index < -0.39 is 43.3 Å². The molecule has 2 saturated heterocycles. The van der Waals surface area contributed by atoms with Gasteiger partial charge in [-0.3, -0.25) is 14.4 Å². The lowest BCUT2D eigenvalue weighted by Gasteiger charge is -2.31. The van der Waals surface area contributed by atoms with Crippen LogP contribution in [0.5, 0.6) is 0 Å². The van der Waals surface area contributed by atoms with E-state index in [1.54, 1.807) is 53.0 Å². The minimum atomic E-state index is -4.36. The molecule has 2 aliphatic rings. The van der Waals surface area contributed by atoms with Crippen molar-refractivity contribution in [1.29, 1.82) is 0 Å². The zero-order valence-electron chi connectivity index (χ0n) is 36.6. The number of H-pyrrole nitrogens is 2. The molecular weight excluding hydrogens is 970 g/mol. The largest absolute Gasteiger partial charge is 0.416 e. The molecule has 2 fully saturated rings. The molecule has 6 N–H and O–H groups in total. The van der Waals surface area contributed by atoms with Gasteiger partial charge < -0.3 is 31.2 Å². The number of benzene rings is 1. The van der Waals surface area contributed by atoms with Gasteiger partial charge in [-0.25, -0.2) is 16.8 Å². The summed E-state index contributed by atoms with van der Waals surface area (Å²) in [6.45, 7) is 5.56. The molecule has 15 nitrogen and oxygen atoms in total. The maximum Gasteiger partial charge on any atom is 0.416 e. The van der Waals surface area contributed by atoms with Gasteiger partial charge in [0.15, 0.2) is 0 Å². The van der Waals surface area contributed by atoms with Gasteiger partial charge in [0.2, 0.25) is 0 Å². The molecule has 0 aliphatic carbocycles. The van der Waals surface area contributed by atoms with E-state index in [4.69, 9.17) is 12.2 Å². The van der Waals surface area contributed by atoms with Crippen LogP contribution in [0.4, 0.5) is 13.2 Å². The van der Waals surface area contributed by atoms with Crippen LogP contribution in [0.15, 0.2) is 98.4 Å². The van der Waals surface area contributed by atoms with Crippen molar-refractivity contribution >= 4 is 66.8 Å². The first-order chi connectivity index (χ1) is 31.9. The molecule has 7 rings (SSSR count). The quantitative estimate of drug-likeness (QED) is 0.0435. The third kappa shape index (κ3) is 14.2. The van der Waals surface area contributed by atoms with E-state index in [2.05, 4.69) is 38.2 Å². The highest BCUT2D eigenvalue weighted by molar-refractivity contribution is 7.91. The van der Waals surface area contributed by atoms with Crippen LogP contribution in [0.25, 0.3) is 0 Å². The van der Waals surface area contributed by atoms with E-state index in [-0.39, 0.29) is 39.0 Å². The number of thiophene rings is 2. The SMILES string of the molecule is CCCCNC1CCN(S(=O)(=O)c2ccc(CNC(=O)c3ccc[nH]c3=O)s2)CC1.O=C(NCc1ccc(S(=O)(=O)N2CCC(NCc3ccc(C(F)(F)F)cc3)CC2)s1)c1ccc[nH]c1=S. The molecule has 6 heterocycles. The van der Waals surface area contributed by atoms with Crippen LogP contribution in [0, 0.1) is 4.64 Å². The standard InChI is InChI=1S/C24H25F3N4O3S3.C20H28N4O4S2/c25-24(26,27)17-5-3-16(4-6-17)14-29-18-9-12-31(13-10-18)37(33,34)21-8-7-19(36-21)15-30-22(32)20-2-1-11-28-23(20)35;1-2-3-10-21-15-8-12-24(13-9-15)30(27,28)18-7-6-16(29-18)14-23-20(26)17-5-4-11-22-19(17)25/h1-8,11,18,29H,9-10,12-15H2,(H,28,35)(H,30,32);4-7,11,15,21H,2-3,8-10,12-14H2,1H3,(H,22,25)(H,23,26). The summed E-state index contributed by atoms with van der Waals surface area (Å²) in [6, 6.07) is 18.3. The van der Waals surface area contributed by atoms with E-state index in [0.29, 0.717) is 71.6 Å². The highest BCUT2D eigenvalue weighted by Crippen LogP contribution is 2.31. The Morgan fingerprint density at radius 1 is 0.701 bits per heavy atom. The highest BCUT2D eigenvalue weighted by Gasteiger charge is 2.33. The Morgan fingerprint density at radius 2 is 1.19 bits per heavy atom. The monoisotopic (exact) mass is 1020 g/mol. The second-order valence-corrected chi connectivity index (χ2v) is 22.9. The summed E-state index contributed by atoms with van der Waals surface area (Å²) >= 11 is 7.37. The maximum atomic E-state index is 13.1. The predicted octanol–water partition coefficient (Wildman–Crippen LogP) is 6.61. The predicted molar refractivity (Wildman–Crippen MR) is 254 cm³/mol. The maximum absolute atomic E-state index is 13.1. The minimum Gasteiger partial charge on any atom is -0.352 e. The first kappa shape index (κ1) is 51.8. The zero-order valence-corrected chi connectivity index (χ0v) is 40.6. The van der Waals surface area contributed by atoms with Gasteiger partial charge in [-0.1, -0.05) is 37.7 Å². The molecule has 362 valence electrons. The topological polar surface area (TPSA) is 206 Å². The smallest absolute Gasteiger partial charge is 0.352 e. The third-order valence-corrected chi connectivity index (χ3v) is 18.4. The number of aromatic amines is 2. The number of amides is 2. The summed E-state index contributed by atoms with van der Waals surface area (Å²) in [7, 11) is -7.20. The third-order valence-electron chi connectivity index (χ3n) is 11.2. The van der Waals surface area contributed by atoms with Crippen LogP contribution >= 0.6 is 34.9 Å². The number of hydrogen-bond donors (Lipinski definition) is 6. The Morgan fingerprint density at radius 3 is 1.69 bits per heavy atom. The lowest BCUT2D eigenvalue weighted by Crippen LogP contribution is -2.44. The lowest BCUT2D eigenvalue weighted by atomic mass is 10.1. The fraction of sp³-hybridized carbons (Fsp3) is 0.409. The fourth-order valence-corrected chi connectivity index (χ4v) is 13.4. The molecule has 1 aromatic carbocycles. The Balaban J connectivity index is 0.000000226. The molecule has 0 saturated carbocycles. The molecule has 0 unspecified atom stereocenters. The first-order valence-electron chi connectivity index (χ1n) is 21.7. The van der Waals surface area contributed by atoms with Crippen molar-refractivity contribution < 1.29 is 39.6 Å². The molecule has 5 aromatic rings. The zero-order chi connectivity index (χ0) is 48.2. The Hall–Kier alpha value is -4.59. The van der Waals surface area contributed by atoms with Crippen molar-refractivity contribution in [2.24, 2.45) is 0 Å². The van der Waals surface area contributed by atoms with Crippen molar-refractivity contribution in [2.45, 2.75) is 91.8 Å². The molecule has 2 aliphatic heterocycles. The number of halogens is 3. The fourth-order valence-electron chi connectivity index (χ4n) is 7.32. The Labute approximate surface area is 400 Å². The van der Waals surface area contributed by atoms with Crippen LogP contribution in [0.2, 0.25) is 0 Å². The van der Waals surface area contributed by atoms with Gasteiger partial charge in [0, 0.05) is 67.0 Å². The van der Waals surface area contributed by atoms with Crippen molar-refractivity contribution in [3.63, 3.8) is 0 Å². The summed E-state index contributed by atoms with van der Waals surface area (Å²) in [5.74, 6) is -0.835. The molecule has 0 spiro atoms. The number of nitrogens with zero attached hydrogens (tertiary/aromatic N) is 2. The number of rotatable bonds is 17. The number of carbonyl (C=O) groups is 2. The average molecular weight is 1020 g/mol. The highest BCUT2D eigenvalue weighted by atomic mass is 32.3. The number of pyridine rings is 2.